The number of nitrogens with one attached hydrogen (secondary N) is 1. The van der Waals surface area contributed by atoms with Crippen LogP contribution in [0.4, 0.5) is 0 Å². The molecule has 0 heterocycles. The van der Waals surface area contributed by atoms with Crippen LogP contribution in [0.3, 0.4) is 0 Å². The van der Waals surface area contributed by atoms with Crippen LogP contribution in [-0.4, -0.2) is 33.8 Å². The molecule has 0 spiro atoms. The van der Waals surface area contributed by atoms with E-state index < -0.39 is 0 Å². The Bertz CT molecular complexity index is 737. The highest BCUT2D eigenvalue weighted by molar-refractivity contribution is 5.76. The van der Waals surface area contributed by atoms with E-state index in [0.717, 1.165) is 5.56 Å². The van der Waals surface area contributed by atoms with E-state index in [-0.39, 0.29) is 11.9 Å². The molecule has 1 atom stereocenters. The number of carbonyl (C=O) groups is 1. The van der Waals surface area contributed by atoms with Gasteiger partial charge < -0.3 is 24.8 Å². The molecule has 28 heavy (non-hydrogen) atoms. The van der Waals surface area contributed by atoms with Gasteiger partial charge in [0.25, 0.3) is 5.91 Å². The minimum Gasteiger partial charge on any atom is -0.493 e. The molecule has 0 saturated heterocycles. The zero-order valence-electron chi connectivity index (χ0n) is 17.3. The van der Waals surface area contributed by atoms with Crippen LogP contribution in [0.2, 0.25) is 0 Å². The second-order valence-corrected chi connectivity index (χ2v) is 6.93. The van der Waals surface area contributed by atoms with Gasteiger partial charge in [0.1, 0.15) is 6.04 Å². The lowest BCUT2D eigenvalue weighted by atomic mass is 9.96. The third-order valence-corrected chi connectivity index (χ3v) is 4.67. The Morgan fingerprint density at radius 3 is 2.11 bits per heavy atom. The van der Waals surface area contributed by atoms with Crippen molar-refractivity contribution in [3.63, 3.8) is 0 Å². The summed E-state index contributed by atoms with van der Waals surface area (Å²) in [6, 6.07) is 14.2. The van der Waals surface area contributed by atoms with E-state index in [1.54, 1.807) is 21.3 Å². The molecule has 0 aliphatic heterocycles. The Kier molecular flexibility index (Phi) is 8.14. The maximum absolute atomic E-state index is 12.4. The molecule has 0 fully saturated rings. The SMILES string of the molecule is COc1cc(CNC(=O)C[NH2+][C@H](c2ccccc2)C(C)C)cc(OC)c1OC. The van der Waals surface area contributed by atoms with Gasteiger partial charge in [-0.05, 0) is 17.7 Å². The molecule has 2 aromatic rings. The summed E-state index contributed by atoms with van der Waals surface area (Å²) in [6.45, 7) is 5.09. The average Bonchev–Trinajstić information content (AvgIpc) is 2.71. The average molecular weight is 388 g/mol. The lowest BCUT2D eigenvalue weighted by Crippen LogP contribution is -2.88. The van der Waals surface area contributed by atoms with Gasteiger partial charge in [-0.25, -0.2) is 0 Å². The summed E-state index contributed by atoms with van der Waals surface area (Å²) in [7, 11) is 4.71. The summed E-state index contributed by atoms with van der Waals surface area (Å²) in [4.78, 5) is 12.4. The third-order valence-electron chi connectivity index (χ3n) is 4.67. The standard InChI is InChI=1S/C22H30N2O4/c1-15(2)21(17-9-7-6-8-10-17)24-14-20(25)23-13-16-11-18(26-3)22(28-5)19(12-16)27-4/h6-12,15,21,24H,13-14H2,1-5H3,(H,23,25)/p+1/t21-/m0/s1. The molecule has 1 amide bonds. The largest absolute Gasteiger partial charge is 0.493 e. The maximum Gasteiger partial charge on any atom is 0.275 e. The molecule has 6 heteroatoms. The number of ether oxygens (including phenoxy) is 3. The fourth-order valence-corrected chi connectivity index (χ4v) is 3.21. The fraction of sp³-hybridized carbons (Fsp3) is 0.409. The van der Waals surface area contributed by atoms with Crippen molar-refractivity contribution in [1.29, 1.82) is 0 Å². The Balaban J connectivity index is 1.96. The quantitative estimate of drug-likeness (QED) is 0.656. The summed E-state index contributed by atoms with van der Waals surface area (Å²) in [5.41, 5.74) is 2.11. The van der Waals surface area contributed by atoms with E-state index >= 15 is 0 Å². The van der Waals surface area contributed by atoms with Crippen LogP contribution in [0.25, 0.3) is 0 Å². The number of hydrogen-bond donors (Lipinski definition) is 2. The number of rotatable bonds is 10. The summed E-state index contributed by atoms with van der Waals surface area (Å²) in [6.07, 6.45) is 0. The predicted molar refractivity (Wildman–Crippen MR) is 109 cm³/mol. The van der Waals surface area contributed by atoms with Crippen LogP contribution in [0.15, 0.2) is 42.5 Å². The van der Waals surface area contributed by atoms with Gasteiger partial charge in [-0.1, -0.05) is 44.2 Å². The molecule has 2 aromatic carbocycles. The van der Waals surface area contributed by atoms with Crippen molar-refractivity contribution in [3.05, 3.63) is 53.6 Å². The smallest absolute Gasteiger partial charge is 0.275 e. The van der Waals surface area contributed by atoms with E-state index in [0.29, 0.717) is 36.3 Å². The molecule has 152 valence electrons. The first kappa shape index (κ1) is 21.6. The molecule has 0 aliphatic rings. The lowest BCUT2D eigenvalue weighted by molar-refractivity contribution is -0.692. The molecule has 0 unspecified atom stereocenters. The second-order valence-electron chi connectivity index (χ2n) is 6.93. The molecule has 0 aromatic heterocycles. The van der Waals surface area contributed by atoms with E-state index in [2.05, 4.69) is 36.6 Å². The summed E-state index contributed by atoms with van der Waals surface area (Å²) < 4.78 is 16.0. The number of amides is 1. The summed E-state index contributed by atoms with van der Waals surface area (Å²) in [5, 5.41) is 5.05. The van der Waals surface area contributed by atoms with Crippen LogP contribution in [0.1, 0.15) is 31.0 Å². The Morgan fingerprint density at radius 2 is 1.61 bits per heavy atom. The van der Waals surface area contributed by atoms with E-state index in [4.69, 9.17) is 14.2 Å². The monoisotopic (exact) mass is 387 g/mol. The van der Waals surface area contributed by atoms with Gasteiger partial charge in [-0.3, -0.25) is 4.79 Å². The Labute approximate surface area is 167 Å². The third kappa shape index (κ3) is 5.63. The molecule has 0 bridgehead atoms. The van der Waals surface area contributed by atoms with Crippen molar-refractivity contribution < 1.29 is 24.3 Å². The molecule has 2 rings (SSSR count). The molecule has 0 aliphatic carbocycles. The van der Waals surface area contributed by atoms with Gasteiger partial charge in [0, 0.05) is 18.0 Å². The number of quaternary nitrogens is 1. The normalized spacial score (nSPS) is 11.8. The van der Waals surface area contributed by atoms with Crippen molar-refractivity contribution in [3.8, 4) is 17.2 Å². The van der Waals surface area contributed by atoms with Crippen molar-refractivity contribution in [2.75, 3.05) is 27.9 Å². The van der Waals surface area contributed by atoms with Crippen molar-refractivity contribution in [2.45, 2.75) is 26.4 Å². The van der Waals surface area contributed by atoms with Crippen LogP contribution < -0.4 is 24.8 Å². The number of nitrogens with two attached hydrogens (primary N) is 1. The van der Waals surface area contributed by atoms with Crippen LogP contribution in [0, 0.1) is 5.92 Å². The maximum atomic E-state index is 12.4. The van der Waals surface area contributed by atoms with E-state index in [9.17, 15) is 4.79 Å². The number of benzene rings is 2. The molecule has 0 saturated carbocycles. The topological polar surface area (TPSA) is 73.4 Å². The van der Waals surface area contributed by atoms with Gasteiger partial charge in [0.15, 0.2) is 18.0 Å². The highest BCUT2D eigenvalue weighted by Gasteiger charge is 2.20. The fourth-order valence-electron chi connectivity index (χ4n) is 3.21. The van der Waals surface area contributed by atoms with Crippen LogP contribution in [0.5, 0.6) is 17.2 Å². The zero-order valence-corrected chi connectivity index (χ0v) is 17.3. The summed E-state index contributed by atoms with van der Waals surface area (Å²) >= 11 is 0. The zero-order chi connectivity index (χ0) is 20.5. The van der Waals surface area contributed by atoms with E-state index in [1.807, 2.05) is 30.3 Å². The van der Waals surface area contributed by atoms with Gasteiger partial charge in [0.05, 0.1) is 21.3 Å². The Hall–Kier alpha value is -2.73. The van der Waals surface area contributed by atoms with Crippen molar-refractivity contribution in [2.24, 2.45) is 5.92 Å². The van der Waals surface area contributed by atoms with Gasteiger partial charge in [-0.2, -0.15) is 0 Å². The minimum absolute atomic E-state index is 0.0182. The van der Waals surface area contributed by atoms with Crippen molar-refractivity contribution in [1.82, 2.24) is 5.32 Å². The lowest BCUT2D eigenvalue weighted by Gasteiger charge is -2.19. The summed E-state index contributed by atoms with van der Waals surface area (Å²) in [5.74, 6) is 2.08. The van der Waals surface area contributed by atoms with Gasteiger partial charge in [-0.15, -0.1) is 0 Å². The van der Waals surface area contributed by atoms with Crippen LogP contribution >= 0.6 is 0 Å². The first-order valence-electron chi connectivity index (χ1n) is 9.44. The molecular formula is C22H31N2O4+. The van der Waals surface area contributed by atoms with Crippen molar-refractivity contribution >= 4 is 5.91 Å². The van der Waals surface area contributed by atoms with E-state index in [1.165, 1.54) is 5.56 Å². The molecule has 6 nitrogen and oxygen atoms in total. The van der Waals surface area contributed by atoms with Gasteiger partial charge >= 0.3 is 0 Å². The number of methoxy groups -OCH3 is 3. The number of carbonyl (C=O) groups excluding carboxylic acids is 1. The minimum atomic E-state index is -0.0182. The predicted octanol–water partition coefficient (Wildman–Crippen LogP) is 2.29. The molecular weight excluding hydrogens is 356 g/mol. The second kappa shape index (κ2) is 10.6. The first-order chi connectivity index (χ1) is 13.5. The highest BCUT2D eigenvalue weighted by Crippen LogP contribution is 2.38. The van der Waals surface area contributed by atoms with Gasteiger partial charge in [0.2, 0.25) is 5.75 Å². The molecule has 3 N–H and O–H groups in total. The first-order valence-corrected chi connectivity index (χ1v) is 9.44. The molecule has 0 radical (unpaired) electrons. The van der Waals surface area contributed by atoms with Crippen LogP contribution in [-0.2, 0) is 11.3 Å². The highest BCUT2D eigenvalue weighted by atomic mass is 16.5. The Morgan fingerprint density at radius 1 is 1.00 bits per heavy atom. The number of hydrogen-bond acceptors (Lipinski definition) is 4.